The summed E-state index contributed by atoms with van der Waals surface area (Å²) in [4.78, 5) is 0. The minimum atomic E-state index is -0.0770. The van der Waals surface area contributed by atoms with E-state index in [2.05, 4.69) is 19.2 Å². The van der Waals surface area contributed by atoms with Crippen molar-refractivity contribution in [2.45, 2.75) is 64.5 Å². The first-order valence-corrected chi connectivity index (χ1v) is 7.70. The van der Waals surface area contributed by atoms with Crippen molar-refractivity contribution in [1.82, 2.24) is 5.32 Å². The van der Waals surface area contributed by atoms with E-state index in [1.54, 1.807) is 12.1 Å². The summed E-state index contributed by atoms with van der Waals surface area (Å²) in [5.41, 5.74) is 0.825. The lowest BCUT2D eigenvalue weighted by molar-refractivity contribution is 0.239. The van der Waals surface area contributed by atoms with Crippen LogP contribution in [0.2, 0.25) is 0 Å². The molecule has 0 aromatic heterocycles. The molecule has 1 nitrogen and oxygen atoms in total. The second-order valence-corrected chi connectivity index (χ2v) is 5.92. The zero-order chi connectivity index (χ0) is 13.7. The lowest BCUT2D eigenvalue weighted by atomic mass is 9.82. The summed E-state index contributed by atoms with van der Waals surface area (Å²) in [6, 6.07) is 8.09. The number of benzene rings is 1. The predicted octanol–water partition coefficient (Wildman–Crippen LogP) is 4.32. The van der Waals surface area contributed by atoms with Gasteiger partial charge in [0.25, 0.3) is 0 Å². The fraction of sp³-hybridized carbons (Fsp3) is 0.647. The van der Waals surface area contributed by atoms with Gasteiger partial charge in [-0.3, -0.25) is 0 Å². The van der Waals surface area contributed by atoms with E-state index in [-0.39, 0.29) is 5.82 Å². The molecule has 106 valence electrons. The molecule has 0 heterocycles. The van der Waals surface area contributed by atoms with Crippen LogP contribution in [0.25, 0.3) is 0 Å². The zero-order valence-electron chi connectivity index (χ0n) is 12.2. The summed E-state index contributed by atoms with van der Waals surface area (Å²) in [5, 5.41) is 3.73. The highest BCUT2D eigenvalue weighted by Crippen LogP contribution is 2.27. The van der Waals surface area contributed by atoms with Gasteiger partial charge in [-0.1, -0.05) is 44.4 Å². The lowest BCUT2D eigenvalue weighted by Gasteiger charge is -2.34. The van der Waals surface area contributed by atoms with Crippen molar-refractivity contribution < 1.29 is 4.39 Å². The Kier molecular flexibility index (Phi) is 5.38. The van der Waals surface area contributed by atoms with Crippen molar-refractivity contribution in [2.24, 2.45) is 5.92 Å². The topological polar surface area (TPSA) is 12.0 Å². The standard InChI is InChI=1S/C17H26FN/c1-3-14-8-5-7-11-17(14)19-13(2)12-15-9-4-6-10-16(15)18/h4,6,9-10,13-14,17,19H,3,5,7-8,11-12H2,1-2H3. The molecule has 1 N–H and O–H groups in total. The number of hydrogen-bond donors (Lipinski definition) is 1. The Morgan fingerprint density at radius 3 is 2.74 bits per heavy atom. The average molecular weight is 263 g/mol. The Hall–Kier alpha value is -0.890. The van der Waals surface area contributed by atoms with Crippen LogP contribution in [0.5, 0.6) is 0 Å². The minimum absolute atomic E-state index is 0.0770. The van der Waals surface area contributed by atoms with Crippen LogP contribution in [0.3, 0.4) is 0 Å². The Bertz CT molecular complexity index is 391. The molecule has 3 atom stereocenters. The highest BCUT2D eigenvalue weighted by atomic mass is 19.1. The molecule has 0 radical (unpaired) electrons. The number of nitrogens with one attached hydrogen (secondary N) is 1. The molecular weight excluding hydrogens is 237 g/mol. The van der Waals surface area contributed by atoms with Gasteiger partial charge in [0.1, 0.15) is 5.82 Å². The van der Waals surface area contributed by atoms with Crippen LogP contribution in [0.1, 0.15) is 51.5 Å². The second-order valence-electron chi connectivity index (χ2n) is 5.92. The van der Waals surface area contributed by atoms with Gasteiger partial charge >= 0.3 is 0 Å². The summed E-state index contributed by atoms with van der Waals surface area (Å²) >= 11 is 0. The fourth-order valence-electron chi connectivity index (χ4n) is 3.33. The van der Waals surface area contributed by atoms with E-state index < -0.39 is 0 Å². The quantitative estimate of drug-likeness (QED) is 0.834. The molecule has 1 aromatic rings. The summed E-state index contributed by atoms with van der Waals surface area (Å²) in [5.74, 6) is 0.726. The van der Waals surface area contributed by atoms with Gasteiger partial charge < -0.3 is 5.32 Å². The molecule has 3 unspecified atom stereocenters. The van der Waals surface area contributed by atoms with Crippen LogP contribution in [-0.4, -0.2) is 12.1 Å². The van der Waals surface area contributed by atoms with Gasteiger partial charge in [0.15, 0.2) is 0 Å². The number of rotatable bonds is 5. The molecule has 1 saturated carbocycles. The van der Waals surface area contributed by atoms with Crippen molar-refractivity contribution >= 4 is 0 Å². The van der Waals surface area contributed by atoms with Gasteiger partial charge in [-0.25, -0.2) is 4.39 Å². The van der Waals surface area contributed by atoms with Crippen molar-refractivity contribution in [1.29, 1.82) is 0 Å². The maximum Gasteiger partial charge on any atom is 0.126 e. The Morgan fingerprint density at radius 2 is 2.00 bits per heavy atom. The van der Waals surface area contributed by atoms with Gasteiger partial charge in [-0.2, -0.15) is 0 Å². The molecule has 1 aromatic carbocycles. The van der Waals surface area contributed by atoms with Gasteiger partial charge in [-0.15, -0.1) is 0 Å². The minimum Gasteiger partial charge on any atom is -0.311 e. The molecule has 2 heteroatoms. The van der Waals surface area contributed by atoms with Crippen molar-refractivity contribution in [3.63, 3.8) is 0 Å². The number of hydrogen-bond acceptors (Lipinski definition) is 1. The second kappa shape index (κ2) is 7.04. The molecule has 0 bridgehead atoms. The zero-order valence-corrected chi connectivity index (χ0v) is 12.2. The lowest BCUT2D eigenvalue weighted by Crippen LogP contribution is -2.44. The van der Waals surface area contributed by atoms with E-state index >= 15 is 0 Å². The SMILES string of the molecule is CCC1CCCCC1NC(C)Cc1ccccc1F. The molecule has 0 aliphatic heterocycles. The highest BCUT2D eigenvalue weighted by Gasteiger charge is 2.24. The molecule has 0 saturated heterocycles. The normalized spacial score (nSPS) is 25.2. The van der Waals surface area contributed by atoms with E-state index in [9.17, 15) is 4.39 Å². The van der Waals surface area contributed by atoms with Crippen LogP contribution in [0.15, 0.2) is 24.3 Å². The maximum atomic E-state index is 13.6. The van der Waals surface area contributed by atoms with E-state index in [1.807, 2.05) is 12.1 Å². The molecule has 0 spiro atoms. The van der Waals surface area contributed by atoms with Crippen LogP contribution in [0.4, 0.5) is 4.39 Å². The van der Waals surface area contributed by atoms with E-state index in [0.717, 1.165) is 17.9 Å². The van der Waals surface area contributed by atoms with Crippen LogP contribution >= 0.6 is 0 Å². The Morgan fingerprint density at radius 1 is 1.26 bits per heavy atom. The number of halogens is 1. The van der Waals surface area contributed by atoms with E-state index in [4.69, 9.17) is 0 Å². The maximum absolute atomic E-state index is 13.6. The monoisotopic (exact) mass is 263 g/mol. The predicted molar refractivity (Wildman–Crippen MR) is 78.7 cm³/mol. The molecule has 0 amide bonds. The van der Waals surface area contributed by atoms with Gasteiger partial charge in [0.05, 0.1) is 0 Å². The molecule has 1 aliphatic carbocycles. The van der Waals surface area contributed by atoms with Crippen LogP contribution in [0, 0.1) is 11.7 Å². The first kappa shape index (κ1) is 14.5. The average Bonchev–Trinajstić information content (AvgIpc) is 2.42. The summed E-state index contributed by atoms with van der Waals surface area (Å²) in [6.07, 6.45) is 7.36. The van der Waals surface area contributed by atoms with Crippen molar-refractivity contribution in [2.75, 3.05) is 0 Å². The Labute approximate surface area is 116 Å². The molecule has 1 fully saturated rings. The summed E-state index contributed by atoms with van der Waals surface area (Å²) in [7, 11) is 0. The molecule has 19 heavy (non-hydrogen) atoms. The van der Waals surface area contributed by atoms with Gasteiger partial charge in [-0.05, 0) is 43.7 Å². The summed E-state index contributed by atoms with van der Waals surface area (Å²) in [6.45, 7) is 4.46. The third-order valence-electron chi connectivity index (χ3n) is 4.42. The molecule has 1 aliphatic rings. The highest BCUT2D eigenvalue weighted by molar-refractivity contribution is 5.18. The third-order valence-corrected chi connectivity index (χ3v) is 4.42. The third kappa shape index (κ3) is 4.04. The first-order valence-electron chi connectivity index (χ1n) is 7.70. The Balaban J connectivity index is 1.90. The van der Waals surface area contributed by atoms with Crippen molar-refractivity contribution in [3.05, 3.63) is 35.6 Å². The molecule has 2 rings (SSSR count). The molecular formula is C17H26FN. The summed E-state index contributed by atoms with van der Waals surface area (Å²) < 4.78 is 13.6. The van der Waals surface area contributed by atoms with Gasteiger partial charge in [0, 0.05) is 12.1 Å². The smallest absolute Gasteiger partial charge is 0.126 e. The first-order chi connectivity index (χ1) is 9.20. The van der Waals surface area contributed by atoms with E-state index in [1.165, 1.54) is 32.1 Å². The van der Waals surface area contributed by atoms with Crippen LogP contribution < -0.4 is 5.32 Å². The van der Waals surface area contributed by atoms with Gasteiger partial charge in [0.2, 0.25) is 0 Å². The van der Waals surface area contributed by atoms with Crippen molar-refractivity contribution in [3.8, 4) is 0 Å². The fourth-order valence-corrected chi connectivity index (χ4v) is 3.33. The van der Waals surface area contributed by atoms with Crippen LogP contribution in [-0.2, 0) is 6.42 Å². The largest absolute Gasteiger partial charge is 0.311 e. The van der Waals surface area contributed by atoms with E-state index in [0.29, 0.717) is 12.1 Å².